The predicted molar refractivity (Wildman–Crippen MR) is 145 cm³/mol. The molecule has 0 heterocycles. The molecule has 1 N–H and O–H groups in total. The fourth-order valence-electron chi connectivity index (χ4n) is 3.81. The van der Waals surface area contributed by atoms with Crippen molar-refractivity contribution in [3.63, 3.8) is 0 Å². The number of aromatic hydroxyl groups is 1. The second kappa shape index (κ2) is 12.7. The molecule has 200 valence electrons. The topological polar surface area (TPSA) is 135 Å². The molecule has 0 saturated heterocycles. The molecule has 0 radical (unpaired) electrons. The van der Waals surface area contributed by atoms with Gasteiger partial charge in [-0.1, -0.05) is 19.9 Å². The van der Waals surface area contributed by atoms with Crippen LogP contribution in [0.5, 0.6) is 17.2 Å². The summed E-state index contributed by atoms with van der Waals surface area (Å²) in [4.78, 5) is 12.7. The van der Waals surface area contributed by atoms with Crippen LogP contribution in [0, 0.1) is 24.0 Å². The van der Waals surface area contributed by atoms with Crippen molar-refractivity contribution >= 4 is 28.4 Å². The molecule has 0 fully saturated rings. The zero-order valence-electron chi connectivity index (χ0n) is 22.4. The Morgan fingerprint density at radius 2 is 1.45 bits per heavy atom. The lowest BCUT2D eigenvalue weighted by molar-refractivity contribution is -0.384. The third kappa shape index (κ3) is 6.48. The zero-order chi connectivity index (χ0) is 27.8. The zero-order valence-corrected chi connectivity index (χ0v) is 22.4. The second-order valence-electron chi connectivity index (χ2n) is 8.51. The molecule has 0 bridgehead atoms. The van der Waals surface area contributed by atoms with E-state index in [9.17, 15) is 15.2 Å². The Hall–Kier alpha value is -4.38. The lowest BCUT2D eigenvalue weighted by atomic mass is 10.0. The van der Waals surface area contributed by atoms with E-state index in [0.29, 0.717) is 34.2 Å². The molecule has 3 aromatic carbocycles. The minimum absolute atomic E-state index is 0.0343. The third-order valence-electron chi connectivity index (χ3n) is 6.19. The van der Waals surface area contributed by atoms with Gasteiger partial charge in [-0.05, 0) is 55.8 Å². The molecule has 0 spiro atoms. The smallest absolute Gasteiger partial charge is 0.269 e. The van der Waals surface area contributed by atoms with Crippen molar-refractivity contribution in [3.05, 3.63) is 69.3 Å². The van der Waals surface area contributed by atoms with Gasteiger partial charge >= 0.3 is 0 Å². The van der Waals surface area contributed by atoms with Crippen molar-refractivity contribution in [1.29, 1.82) is 0 Å². The first-order valence-electron chi connectivity index (χ1n) is 12.1. The number of hydrogen-bond acceptors (Lipinski definition) is 10. The Morgan fingerprint density at radius 1 is 0.895 bits per heavy atom. The molecule has 3 rings (SSSR count). The number of nitrogens with zero attached hydrogens (tertiary/aromatic N) is 6. The van der Waals surface area contributed by atoms with Gasteiger partial charge in [-0.3, -0.25) is 15.0 Å². The van der Waals surface area contributed by atoms with Gasteiger partial charge in [0.2, 0.25) is 0 Å². The quantitative estimate of drug-likeness (QED) is 0.157. The average Bonchev–Trinajstić information content (AvgIpc) is 2.93. The number of ether oxygens (including phenoxy) is 2. The Labute approximate surface area is 221 Å². The van der Waals surface area contributed by atoms with Gasteiger partial charge in [0.05, 0.1) is 24.8 Å². The van der Waals surface area contributed by atoms with Crippen LogP contribution in [0.3, 0.4) is 0 Å². The molecule has 0 atom stereocenters. The maximum Gasteiger partial charge on any atom is 0.269 e. The van der Waals surface area contributed by atoms with E-state index in [2.05, 4.69) is 39.2 Å². The number of methoxy groups -OCH3 is 2. The fourth-order valence-corrected chi connectivity index (χ4v) is 3.81. The van der Waals surface area contributed by atoms with Crippen LogP contribution in [0.1, 0.15) is 30.5 Å². The molecule has 38 heavy (non-hydrogen) atoms. The summed E-state index contributed by atoms with van der Waals surface area (Å²) < 4.78 is 11.0. The summed E-state index contributed by atoms with van der Waals surface area (Å²) in [5, 5.41) is 38.7. The van der Waals surface area contributed by atoms with Crippen LogP contribution in [-0.2, 0) is 6.54 Å². The van der Waals surface area contributed by atoms with Crippen LogP contribution in [0.15, 0.2) is 62.9 Å². The molecule has 3 aromatic rings. The van der Waals surface area contributed by atoms with E-state index in [-0.39, 0.29) is 11.4 Å². The summed E-state index contributed by atoms with van der Waals surface area (Å²) in [6.07, 6.45) is 0. The van der Waals surface area contributed by atoms with E-state index in [0.717, 1.165) is 36.3 Å². The van der Waals surface area contributed by atoms with Crippen molar-refractivity contribution < 1.29 is 19.5 Å². The van der Waals surface area contributed by atoms with Gasteiger partial charge in [0.1, 0.15) is 34.3 Å². The number of aryl methyl sites for hydroxylation is 1. The minimum atomic E-state index is -0.480. The Bertz CT molecular complexity index is 1350. The van der Waals surface area contributed by atoms with E-state index in [1.807, 2.05) is 19.9 Å². The molecule has 0 amide bonds. The number of phenols is 1. The van der Waals surface area contributed by atoms with Gasteiger partial charge < -0.3 is 14.6 Å². The molecule has 0 aliphatic heterocycles. The minimum Gasteiger partial charge on any atom is -0.505 e. The monoisotopic (exact) mass is 520 g/mol. The molecule has 0 aliphatic carbocycles. The number of hydrogen-bond donors (Lipinski definition) is 1. The molecule has 11 heteroatoms. The number of nitro groups is 1. The summed E-state index contributed by atoms with van der Waals surface area (Å²) in [5.41, 5.74) is 4.20. The predicted octanol–water partition coefficient (Wildman–Crippen LogP) is 7.61. The van der Waals surface area contributed by atoms with Crippen LogP contribution in [0.2, 0.25) is 0 Å². The van der Waals surface area contributed by atoms with E-state index in [4.69, 9.17) is 9.47 Å². The first-order chi connectivity index (χ1) is 18.2. The second-order valence-corrected chi connectivity index (χ2v) is 8.51. The van der Waals surface area contributed by atoms with Crippen LogP contribution in [0.4, 0.5) is 28.4 Å². The van der Waals surface area contributed by atoms with Crippen molar-refractivity contribution in [2.75, 3.05) is 27.3 Å². The van der Waals surface area contributed by atoms with E-state index in [1.165, 1.54) is 38.5 Å². The van der Waals surface area contributed by atoms with Gasteiger partial charge in [-0.25, -0.2) is 0 Å². The molecule has 0 aromatic heterocycles. The maximum atomic E-state index is 10.8. The number of phenolic OH excluding ortho intramolecular Hbond substituents is 1. The standard InChI is InChI=1S/C27H32N6O5/c1-7-32(8-2)16-19-13-17(3)27(34)26(18(19)4)31-30-23-15-24(37-5)22(14-25(23)38-6)29-28-20-9-11-21(12-10-20)33(35)36/h9-15,34H,7-8,16H2,1-6H3. The van der Waals surface area contributed by atoms with E-state index < -0.39 is 4.92 Å². The summed E-state index contributed by atoms with van der Waals surface area (Å²) in [7, 11) is 2.99. The largest absolute Gasteiger partial charge is 0.505 e. The first kappa shape index (κ1) is 28.2. The Morgan fingerprint density at radius 3 is 1.95 bits per heavy atom. The average molecular weight is 521 g/mol. The summed E-state index contributed by atoms with van der Waals surface area (Å²) in [6, 6.07) is 10.9. The highest BCUT2D eigenvalue weighted by Crippen LogP contribution is 2.43. The van der Waals surface area contributed by atoms with Crippen LogP contribution >= 0.6 is 0 Å². The maximum absolute atomic E-state index is 10.8. The third-order valence-corrected chi connectivity index (χ3v) is 6.19. The number of nitro benzene ring substituents is 1. The van der Waals surface area contributed by atoms with Crippen molar-refractivity contribution in [3.8, 4) is 17.2 Å². The van der Waals surface area contributed by atoms with Crippen molar-refractivity contribution in [1.82, 2.24) is 4.90 Å². The molecule has 0 saturated carbocycles. The van der Waals surface area contributed by atoms with Crippen LogP contribution in [-0.4, -0.2) is 42.2 Å². The molecular weight excluding hydrogens is 488 g/mol. The molecule has 0 aliphatic rings. The lowest BCUT2D eigenvalue weighted by Crippen LogP contribution is -2.22. The Kier molecular flexibility index (Phi) is 9.44. The molecular formula is C27H32N6O5. The van der Waals surface area contributed by atoms with Gasteiger partial charge in [0, 0.05) is 30.8 Å². The van der Waals surface area contributed by atoms with Gasteiger partial charge in [-0.15, -0.1) is 15.3 Å². The molecule has 0 unspecified atom stereocenters. The highest BCUT2D eigenvalue weighted by molar-refractivity contribution is 5.67. The fraction of sp³-hybridized carbons (Fsp3) is 0.333. The van der Waals surface area contributed by atoms with E-state index >= 15 is 0 Å². The number of benzene rings is 3. The van der Waals surface area contributed by atoms with Crippen LogP contribution < -0.4 is 9.47 Å². The van der Waals surface area contributed by atoms with Gasteiger partial charge in [0.15, 0.2) is 0 Å². The summed E-state index contributed by atoms with van der Waals surface area (Å²) >= 11 is 0. The highest BCUT2D eigenvalue weighted by Gasteiger charge is 2.16. The normalized spacial score (nSPS) is 11.6. The van der Waals surface area contributed by atoms with Crippen molar-refractivity contribution in [2.45, 2.75) is 34.2 Å². The molecule has 11 nitrogen and oxygen atoms in total. The number of rotatable bonds is 11. The SMILES string of the molecule is CCN(CC)Cc1cc(C)c(O)c(N=Nc2cc(OC)c(N=Nc3ccc([N+](=O)[O-])cc3)cc2OC)c1C. The van der Waals surface area contributed by atoms with E-state index in [1.54, 1.807) is 12.1 Å². The lowest BCUT2D eigenvalue weighted by Gasteiger charge is -2.21. The summed E-state index contributed by atoms with van der Waals surface area (Å²) in [6.45, 7) is 10.6. The van der Waals surface area contributed by atoms with Crippen molar-refractivity contribution in [2.24, 2.45) is 20.5 Å². The van der Waals surface area contributed by atoms with Gasteiger partial charge in [0.25, 0.3) is 5.69 Å². The highest BCUT2D eigenvalue weighted by atomic mass is 16.6. The van der Waals surface area contributed by atoms with Crippen LogP contribution in [0.25, 0.3) is 0 Å². The Balaban J connectivity index is 1.96. The number of non-ortho nitro benzene ring substituents is 1. The first-order valence-corrected chi connectivity index (χ1v) is 12.1. The number of azo groups is 2. The summed E-state index contributed by atoms with van der Waals surface area (Å²) in [5.74, 6) is 0.826. The van der Waals surface area contributed by atoms with Gasteiger partial charge in [-0.2, -0.15) is 5.11 Å².